The zero-order valence-corrected chi connectivity index (χ0v) is 24.2. The maximum Gasteiger partial charge on any atom is -0.00137 e. The lowest BCUT2D eigenvalue weighted by Crippen LogP contribution is -1.89. The maximum absolute atomic E-state index is 2.42. The van der Waals surface area contributed by atoms with Crippen molar-refractivity contribution in [3.8, 4) is 33.4 Å². The van der Waals surface area contributed by atoms with Crippen molar-refractivity contribution in [3.63, 3.8) is 0 Å². The van der Waals surface area contributed by atoms with Gasteiger partial charge in [0.1, 0.15) is 0 Å². The molecule has 0 aromatic heterocycles. The molecule has 9 aromatic rings. The summed E-state index contributed by atoms with van der Waals surface area (Å²) in [5.74, 6) is 0. The molecule has 0 nitrogen and oxygen atoms in total. The lowest BCUT2D eigenvalue weighted by molar-refractivity contribution is 1.58. The van der Waals surface area contributed by atoms with Crippen molar-refractivity contribution >= 4 is 53.9 Å². The Morgan fingerprint density at radius 3 is 1.02 bits per heavy atom. The molecular weight excluding hydrogens is 528 g/mol. The molecule has 0 aliphatic carbocycles. The lowest BCUT2D eigenvalue weighted by atomic mass is 9.86. The van der Waals surface area contributed by atoms with Crippen molar-refractivity contribution in [2.75, 3.05) is 0 Å². The van der Waals surface area contributed by atoms with Crippen LogP contribution in [0.3, 0.4) is 0 Å². The molecule has 0 amide bonds. The van der Waals surface area contributed by atoms with Gasteiger partial charge in [-0.15, -0.1) is 0 Å². The summed E-state index contributed by atoms with van der Waals surface area (Å²) >= 11 is 0. The summed E-state index contributed by atoms with van der Waals surface area (Å²) in [6.45, 7) is 0. The molecule has 0 atom stereocenters. The summed E-state index contributed by atoms with van der Waals surface area (Å²) < 4.78 is 0. The topological polar surface area (TPSA) is 0 Å². The van der Waals surface area contributed by atoms with Crippen molar-refractivity contribution in [1.82, 2.24) is 0 Å². The average molecular weight is 557 g/mol. The monoisotopic (exact) mass is 556 g/mol. The van der Waals surface area contributed by atoms with E-state index >= 15 is 0 Å². The van der Waals surface area contributed by atoms with Gasteiger partial charge in [-0.05, 0) is 105 Å². The van der Waals surface area contributed by atoms with Gasteiger partial charge in [0.25, 0.3) is 0 Å². The third-order valence-corrected chi connectivity index (χ3v) is 9.21. The van der Waals surface area contributed by atoms with Crippen LogP contribution in [-0.2, 0) is 0 Å². The molecule has 0 unspecified atom stereocenters. The Hall–Kier alpha value is -5.72. The summed E-state index contributed by atoms with van der Waals surface area (Å²) in [5.41, 5.74) is 7.37. The van der Waals surface area contributed by atoms with Gasteiger partial charge in [-0.3, -0.25) is 0 Å². The average Bonchev–Trinajstić information content (AvgIpc) is 3.11. The molecule has 204 valence electrons. The molecule has 0 saturated heterocycles. The van der Waals surface area contributed by atoms with Crippen LogP contribution in [0.1, 0.15) is 0 Å². The molecule has 0 radical (unpaired) electrons. The first-order chi connectivity index (χ1) is 21.8. The zero-order valence-electron chi connectivity index (χ0n) is 24.2. The minimum Gasteiger partial charge on any atom is -0.0622 e. The van der Waals surface area contributed by atoms with Crippen LogP contribution in [0, 0.1) is 0 Å². The minimum absolute atomic E-state index is 1.22. The van der Waals surface area contributed by atoms with Crippen molar-refractivity contribution < 1.29 is 0 Å². The molecular formula is C44H28. The summed E-state index contributed by atoms with van der Waals surface area (Å²) in [4.78, 5) is 0. The van der Waals surface area contributed by atoms with Gasteiger partial charge in [0.15, 0.2) is 0 Å². The molecule has 0 aliphatic rings. The van der Waals surface area contributed by atoms with Gasteiger partial charge >= 0.3 is 0 Å². The number of rotatable bonds is 3. The highest BCUT2D eigenvalue weighted by atomic mass is 14.2. The number of hydrogen-bond donors (Lipinski definition) is 0. The first-order valence-electron chi connectivity index (χ1n) is 15.3. The van der Waals surface area contributed by atoms with Crippen LogP contribution in [0.25, 0.3) is 87.2 Å². The van der Waals surface area contributed by atoms with Crippen molar-refractivity contribution in [1.29, 1.82) is 0 Å². The molecule has 0 N–H and O–H groups in total. The fraction of sp³-hybridized carbons (Fsp3) is 0. The number of benzene rings is 9. The van der Waals surface area contributed by atoms with E-state index in [4.69, 9.17) is 0 Å². The fourth-order valence-electron chi connectivity index (χ4n) is 7.19. The number of hydrogen-bond acceptors (Lipinski definition) is 0. The van der Waals surface area contributed by atoms with E-state index in [1.807, 2.05) is 0 Å². The summed E-state index contributed by atoms with van der Waals surface area (Å²) in [6.07, 6.45) is 0. The SMILES string of the molecule is c1ccc(-c2cccc(-c3cccc(-c4ccc5c6ccccc6c6c7ccccc7c7ccccc7c6c5c4)c3)c2)cc1. The van der Waals surface area contributed by atoms with Crippen LogP contribution in [0.2, 0.25) is 0 Å². The summed E-state index contributed by atoms with van der Waals surface area (Å²) in [5, 5.41) is 13.1. The largest absolute Gasteiger partial charge is 0.0622 e. The molecule has 0 aliphatic heterocycles. The van der Waals surface area contributed by atoms with Gasteiger partial charge in [-0.25, -0.2) is 0 Å². The highest BCUT2D eigenvalue weighted by molar-refractivity contribution is 6.39. The second-order valence-electron chi connectivity index (χ2n) is 11.7. The second-order valence-corrected chi connectivity index (χ2v) is 11.7. The normalized spacial score (nSPS) is 11.6. The minimum atomic E-state index is 1.22. The molecule has 0 saturated carbocycles. The first kappa shape index (κ1) is 24.8. The van der Waals surface area contributed by atoms with Crippen LogP contribution in [0.5, 0.6) is 0 Å². The van der Waals surface area contributed by atoms with E-state index in [0.717, 1.165) is 0 Å². The lowest BCUT2D eigenvalue weighted by Gasteiger charge is -2.17. The zero-order chi connectivity index (χ0) is 29.0. The van der Waals surface area contributed by atoms with Gasteiger partial charge in [0, 0.05) is 0 Å². The van der Waals surface area contributed by atoms with Gasteiger partial charge in [-0.2, -0.15) is 0 Å². The van der Waals surface area contributed by atoms with Crippen LogP contribution < -0.4 is 0 Å². The predicted octanol–water partition coefficient (Wildman–Crippen LogP) is 12.5. The Balaban J connectivity index is 1.31. The highest BCUT2D eigenvalue weighted by Gasteiger charge is 2.16. The summed E-state index contributed by atoms with van der Waals surface area (Å²) in [7, 11) is 0. The Bertz CT molecular complexity index is 2520. The standard InChI is InChI=1S/C44H28/c1-2-12-29(13-3-1)30-14-10-15-31(26-30)32-16-11-17-33(27-32)34-24-25-38-37-20-6-8-22-40(37)43-39-21-7-4-18-35(39)36-19-5-9-23-41(36)44(43)42(38)28-34/h1-28H. The smallest absolute Gasteiger partial charge is 0.00137 e. The van der Waals surface area contributed by atoms with Gasteiger partial charge in [0.2, 0.25) is 0 Å². The van der Waals surface area contributed by atoms with Gasteiger partial charge in [-0.1, -0.05) is 152 Å². The van der Waals surface area contributed by atoms with Crippen molar-refractivity contribution in [3.05, 3.63) is 170 Å². The van der Waals surface area contributed by atoms with E-state index in [9.17, 15) is 0 Å². The first-order valence-corrected chi connectivity index (χ1v) is 15.3. The Morgan fingerprint density at radius 2 is 0.523 bits per heavy atom. The van der Waals surface area contributed by atoms with E-state index in [1.54, 1.807) is 0 Å². The molecule has 0 spiro atoms. The quantitative estimate of drug-likeness (QED) is 0.190. The Morgan fingerprint density at radius 1 is 0.182 bits per heavy atom. The second kappa shape index (κ2) is 9.93. The van der Waals surface area contributed by atoms with E-state index in [2.05, 4.69) is 170 Å². The van der Waals surface area contributed by atoms with Gasteiger partial charge < -0.3 is 0 Å². The van der Waals surface area contributed by atoms with Gasteiger partial charge in [0.05, 0.1) is 0 Å². The Labute approximate surface area is 256 Å². The maximum atomic E-state index is 2.42. The molecule has 0 heteroatoms. The van der Waals surface area contributed by atoms with E-state index in [-0.39, 0.29) is 0 Å². The molecule has 44 heavy (non-hydrogen) atoms. The third-order valence-electron chi connectivity index (χ3n) is 9.21. The molecule has 9 rings (SSSR count). The van der Waals surface area contributed by atoms with Crippen LogP contribution >= 0.6 is 0 Å². The molecule has 0 bridgehead atoms. The van der Waals surface area contributed by atoms with E-state index in [1.165, 1.54) is 87.2 Å². The summed E-state index contributed by atoms with van der Waals surface area (Å²) in [6, 6.07) is 62.2. The number of fused-ring (bicyclic) bond motifs is 11. The van der Waals surface area contributed by atoms with E-state index < -0.39 is 0 Å². The fourth-order valence-corrected chi connectivity index (χ4v) is 7.19. The Kier molecular flexibility index (Phi) is 5.61. The van der Waals surface area contributed by atoms with Crippen LogP contribution in [-0.4, -0.2) is 0 Å². The van der Waals surface area contributed by atoms with Crippen molar-refractivity contribution in [2.45, 2.75) is 0 Å². The molecule has 0 heterocycles. The molecule has 0 fully saturated rings. The molecule has 9 aromatic carbocycles. The highest BCUT2D eigenvalue weighted by Crippen LogP contribution is 2.44. The third kappa shape index (κ3) is 3.85. The van der Waals surface area contributed by atoms with E-state index in [0.29, 0.717) is 0 Å². The predicted molar refractivity (Wildman–Crippen MR) is 190 cm³/mol. The van der Waals surface area contributed by atoms with Crippen LogP contribution in [0.4, 0.5) is 0 Å². The van der Waals surface area contributed by atoms with Crippen LogP contribution in [0.15, 0.2) is 170 Å². The van der Waals surface area contributed by atoms with Crippen molar-refractivity contribution in [2.24, 2.45) is 0 Å².